The third-order valence-corrected chi connectivity index (χ3v) is 20.3. The number of ether oxygens (including phenoxy) is 5. The van der Waals surface area contributed by atoms with Crippen LogP contribution in [0.2, 0.25) is 0 Å². The van der Waals surface area contributed by atoms with Crippen LogP contribution in [-0.2, 0) is 71.6 Å². The molecule has 2 saturated heterocycles. The van der Waals surface area contributed by atoms with Crippen LogP contribution >= 0.6 is 0 Å². The summed E-state index contributed by atoms with van der Waals surface area (Å²) in [6, 6.07) is -1.79. The van der Waals surface area contributed by atoms with E-state index in [9.17, 15) is 47.9 Å². The number of methoxy groups -OCH3 is 4. The lowest BCUT2D eigenvalue weighted by Gasteiger charge is -2.41. The Morgan fingerprint density at radius 2 is 0.979 bits per heavy atom. The summed E-state index contributed by atoms with van der Waals surface area (Å²) in [4.78, 5) is 137. The minimum atomic E-state index is -0.873. The summed E-state index contributed by atoms with van der Waals surface area (Å²) in [6.45, 7) is 34.8. The molecule has 2 rings (SSSR count). The minimum absolute atomic E-state index is 0.0141. The molecule has 2 aliphatic heterocycles. The molecule has 16 atom stereocenters. The Labute approximate surface area is 576 Å². The number of hydrogen-bond donors (Lipinski definition) is 1. The van der Waals surface area contributed by atoms with Gasteiger partial charge < -0.3 is 48.4 Å². The molecule has 0 aromatic carbocycles. The van der Waals surface area contributed by atoms with E-state index in [1.54, 1.807) is 74.9 Å². The molecule has 2 aliphatic rings. The molecule has 21 heteroatoms. The zero-order valence-corrected chi connectivity index (χ0v) is 62.9. The number of carbonyl (C=O) groups excluding carboxylic acids is 9. The Morgan fingerprint density at radius 3 is 1.28 bits per heavy atom. The summed E-state index contributed by atoms with van der Waals surface area (Å²) in [5.74, 6) is -3.71. The highest BCUT2D eigenvalue weighted by Gasteiger charge is 2.45. The molecular formula is C74H133N5O16. The lowest BCUT2D eigenvalue weighted by Crippen LogP contribution is -2.54. The number of nitrogens with zero attached hydrogens (tertiary/aromatic N) is 5. The highest BCUT2D eigenvalue weighted by Crippen LogP contribution is 2.34. The van der Waals surface area contributed by atoms with E-state index in [0.717, 1.165) is 44.9 Å². The molecule has 0 unspecified atom stereocenters. The standard InChI is InChI=1S/C36H65N3O8.C33H60N2O6.C5H8O2/c1-13-24(6)34(30(46-11)21-31(42)39-19-14-16-28(39)35(47-12)25(7)26(8)40)38(10)36(45)27(22(2)3)20-29(41)33(23(4)5)37(9)18-15-17-32(43)44;1-13-22(7)31(34(10)33(39)26(21(5)6)18-28(37)25(14-2)20(3)4)29(40-11)19-30(38)35-17-15-16-27(35)32(41-12)23(8)24(9)36;1-2-3-4-7-5-6/h22-25,27-28,30,33-35H,13-21H2,1-12H3,(H,43,44);20-23,25-27,29,31-32H,13-19H2,1-12H3;2,5H,1,3-4H2/t24-,25-,27-,28-,30+,33-,34-,35+;22-,23-,25-,26-,27-,29+,31-,32+;/m00./s1/i8T;9T;. The van der Waals surface area contributed by atoms with Crippen molar-refractivity contribution in [3.8, 4) is 0 Å². The quantitative estimate of drug-likeness (QED) is 0.0338. The van der Waals surface area contributed by atoms with Gasteiger partial charge in [-0.15, -0.1) is 6.58 Å². The summed E-state index contributed by atoms with van der Waals surface area (Å²) >= 11 is 0. The number of carbonyl (C=O) groups is 10. The maximum Gasteiger partial charge on any atom is 0.303 e. The van der Waals surface area contributed by atoms with Gasteiger partial charge in [0.05, 0.1) is 74.1 Å². The van der Waals surface area contributed by atoms with Gasteiger partial charge in [0.15, 0.2) is 5.78 Å². The van der Waals surface area contributed by atoms with Crippen LogP contribution in [0.3, 0.4) is 0 Å². The average molecular weight is 1350 g/mol. The zero-order valence-electron chi connectivity index (χ0n) is 64.9. The van der Waals surface area contributed by atoms with Crippen molar-refractivity contribution in [3.63, 3.8) is 0 Å². The molecule has 2 heterocycles. The van der Waals surface area contributed by atoms with E-state index in [0.29, 0.717) is 45.6 Å². The van der Waals surface area contributed by atoms with Crippen LogP contribution in [0.4, 0.5) is 0 Å². The predicted octanol–water partition coefficient (Wildman–Crippen LogP) is 10.7. The molecule has 4 amide bonds. The fraction of sp³-hybridized carbons (Fsp3) is 0.838. The highest BCUT2D eigenvalue weighted by atomic mass is 16.5. The van der Waals surface area contributed by atoms with Crippen molar-refractivity contribution in [1.82, 2.24) is 24.5 Å². The summed E-state index contributed by atoms with van der Waals surface area (Å²) < 4.78 is 42.7. The molecule has 0 aliphatic carbocycles. The van der Waals surface area contributed by atoms with E-state index in [2.05, 4.69) is 39.0 Å². The zero-order chi connectivity index (χ0) is 74.7. The maximum absolute atomic E-state index is 14.3. The molecular weight excluding hydrogens is 1210 g/mol. The number of likely N-dealkylation sites (N-methyl/N-ethyl adjacent to an activating group) is 3. The first-order valence-electron chi connectivity index (χ1n) is 36.5. The predicted molar refractivity (Wildman–Crippen MR) is 373 cm³/mol. The summed E-state index contributed by atoms with van der Waals surface area (Å²) in [5, 5.41) is 9.05. The molecule has 2 fully saturated rings. The van der Waals surface area contributed by atoms with E-state index in [1.807, 2.05) is 74.3 Å². The first kappa shape index (κ1) is 86.1. The van der Waals surface area contributed by atoms with E-state index in [-0.39, 0.29) is 152 Å². The number of carboxylic acid groups (broad SMARTS) is 1. The number of rotatable bonds is 44. The largest absolute Gasteiger partial charge is 0.481 e. The summed E-state index contributed by atoms with van der Waals surface area (Å²) in [5.41, 5.74) is 0. The van der Waals surface area contributed by atoms with Crippen LogP contribution in [0.25, 0.3) is 0 Å². The highest BCUT2D eigenvalue weighted by molar-refractivity contribution is 5.91. The normalized spacial score (nSPS) is 19.6. The van der Waals surface area contributed by atoms with Crippen LogP contribution in [0, 0.1) is 65.1 Å². The van der Waals surface area contributed by atoms with Crippen molar-refractivity contribution < 1.29 is 79.5 Å². The summed E-state index contributed by atoms with van der Waals surface area (Å²) in [6.07, 6.45) is 6.43. The Bertz CT molecular complexity index is 2390. The smallest absolute Gasteiger partial charge is 0.303 e. The second-order valence-corrected chi connectivity index (χ2v) is 28.1. The number of carboxylic acids is 1. The van der Waals surface area contributed by atoms with Crippen molar-refractivity contribution in [3.05, 3.63) is 12.7 Å². The molecule has 0 radical (unpaired) electrons. The van der Waals surface area contributed by atoms with Crippen LogP contribution in [0.5, 0.6) is 0 Å². The van der Waals surface area contributed by atoms with Gasteiger partial charge in [-0.3, -0.25) is 52.8 Å². The molecule has 550 valence electrons. The Hall–Kier alpha value is -4.96. The second kappa shape index (κ2) is 46.3. The SMILES string of the molecule is C=CCCOC=O.[3H]CC(=O)[C@H](C)[C@@H](OC)[C@@H]1CCCN1C(=O)C[C@@H](OC)[C@H]([C@@H](C)CC)N(C)C(=O)[C@@H](CC(=O)[C@@H](CC)C(C)C)C(C)C.[3H]CC(=O)[C@H](C)[C@@H](OC)[C@@H]1CCCN1C(=O)C[C@@H](OC)[C@H]([C@@H](C)CC)N(C)C(=O)[C@@H](CC(=O)[C@H](C(C)C)N(C)CCCC(=O)O)C(C)C. The number of likely N-dealkylation sites (tertiary alicyclic amines) is 2. The number of hydrogen-bond acceptors (Lipinski definition) is 16. The average Bonchev–Trinajstić information content (AvgIpc) is 1.65. The van der Waals surface area contributed by atoms with Crippen LogP contribution in [-0.4, -0.2) is 219 Å². The van der Waals surface area contributed by atoms with Crippen molar-refractivity contribution in [2.24, 2.45) is 65.1 Å². The topological polar surface area (TPSA) is 253 Å². The van der Waals surface area contributed by atoms with Crippen molar-refractivity contribution >= 4 is 59.2 Å². The van der Waals surface area contributed by atoms with Gasteiger partial charge in [-0.2, -0.15) is 0 Å². The lowest BCUT2D eigenvalue weighted by molar-refractivity contribution is -0.149. The maximum atomic E-state index is 14.3. The molecule has 0 bridgehead atoms. The number of amides is 4. The first-order valence-corrected chi connectivity index (χ1v) is 35.1. The molecule has 0 aromatic rings. The van der Waals surface area contributed by atoms with Crippen molar-refractivity contribution in [2.45, 2.75) is 262 Å². The molecule has 0 spiro atoms. The van der Waals surface area contributed by atoms with E-state index >= 15 is 0 Å². The number of ketones is 4. The fourth-order valence-electron chi connectivity index (χ4n) is 14.1. The monoisotopic (exact) mass is 1350 g/mol. The molecule has 95 heavy (non-hydrogen) atoms. The Kier molecular flexibility index (Phi) is 42.0. The first-order chi connectivity index (χ1) is 45.6. The fourth-order valence-corrected chi connectivity index (χ4v) is 14.1. The Balaban J connectivity index is 0.00000174. The van der Waals surface area contributed by atoms with Gasteiger partial charge in [-0.1, -0.05) is 123 Å². The molecule has 21 nitrogen and oxygen atoms in total. The lowest BCUT2D eigenvalue weighted by atomic mass is 9.80. The van der Waals surface area contributed by atoms with Crippen LogP contribution < -0.4 is 0 Å². The third-order valence-electron chi connectivity index (χ3n) is 20.3. The van der Waals surface area contributed by atoms with Gasteiger partial charge in [0, 0.05) is 107 Å². The number of Topliss-reactive ketones (excluding diaryl/α,β-unsaturated/α-hetero) is 4. The van der Waals surface area contributed by atoms with E-state index in [4.69, 9.17) is 26.8 Å². The van der Waals surface area contributed by atoms with Crippen molar-refractivity contribution in [2.75, 3.05) is 75.8 Å². The van der Waals surface area contributed by atoms with Gasteiger partial charge in [0.25, 0.3) is 6.47 Å². The van der Waals surface area contributed by atoms with E-state index < -0.39 is 66.1 Å². The van der Waals surface area contributed by atoms with Crippen molar-refractivity contribution in [1.29, 1.82) is 0 Å². The van der Waals surface area contributed by atoms with Gasteiger partial charge in [0.1, 0.15) is 17.3 Å². The van der Waals surface area contributed by atoms with Gasteiger partial charge in [0.2, 0.25) is 23.6 Å². The second-order valence-electron chi connectivity index (χ2n) is 28.1. The Morgan fingerprint density at radius 1 is 0.579 bits per heavy atom. The third kappa shape index (κ3) is 28.1. The minimum Gasteiger partial charge on any atom is -0.481 e. The van der Waals surface area contributed by atoms with Gasteiger partial charge in [-0.25, -0.2) is 0 Å². The molecule has 0 saturated carbocycles. The van der Waals surface area contributed by atoms with E-state index in [1.165, 1.54) is 7.11 Å². The van der Waals surface area contributed by atoms with Crippen LogP contribution in [0.15, 0.2) is 12.7 Å². The molecule has 0 aromatic heterocycles. The summed E-state index contributed by atoms with van der Waals surface area (Å²) in [7, 11) is 11.6. The van der Waals surface area contributed by atoms with Crippen LogP contribution in [0.1, 0.15) is 210 Å². The molecule has 1 N–H and O–H groups in total. The number of aliphatic carboxylic acids is 1. The van der Waals surface area contributed by atoms with Gasteiger partial charge >= 0.3 is 5.97 Å². The van der Waals surface area contributed by atoms with Gasteiger partial charge in [-0.05, 0) is 108 Å².